The summed E-state index contributed by atoms with van der Waals surface area (Å²) in [5.74, 6) is 0. The zero-order chi connectivity index (χ0) is 17.1. The van der Waals surface area contributed by atoms with Crippen molar-refractivity contribution in [3.63, 3.8) is 0 Å². The standard InChI is InChI=1S/C18H31N5O/c1-4-16-15(17(5-2)21(3)20-16)12-19-18(24)23-11-8-14(13-23)22-9-6-7-10-22/h14H,4-13H2,1-3H3,(H,19,24). The maximum atomic E-state index is 12.6. The lowest BCUT2D eigenvalue weighted by molar-refractivity contribution is 0.198. The number of hydrogen-bond donors (Lipinski definition) is 1. The fourth-order valence-electron chi connectivity index (χ4n) is 4.20. The Bertz CT molecular complexity index is 576. The lowest BCUT2D eigenvalue weighted by atomic mass is 10.1. The largest absolute Gasteiger partial charge is 0.334 e. The van der Waals surface area contributed by atoms with E-state index in [1.54, 1.807) is 0 Å². The third kappa shape index (κ3) is 3.43. The minimum atomic E-state index is 0.0738. The van der Waals surface area contributed by atoms with E-state index in [0.29, 0.717) is 12.6 Å². The Morgan fingerprint density at radius 1 is 1.21 bits per heavy atom. The Labute approximate surface area is 145 Å². The summed E-state index contributed by atoms with van der Waals surface area (Å²) < 4.78 is 1.96. The van der Waals surface area contributed by atoms with Crippen molar-refractivity contribution in [3.8, 4) is 0 Å². The number of likely N-dealkylation sites (tertiary alicyclic amines) is 2. The normalized spacial score (nSPS) is 21.6. The summed E-state index contributed by atoms with van der Waals surface area (Å²) >= 11 is 0. The monoisotopic (exact) mass is 333 g/mol. The van der Waals surface area contributed by atoms with Crippen LogP contribution in [0, 0.1) is 0 Å². The molecule has 1 aromatic rings. The van der Waals surface area contributed by atoms with Gasteiger partial charge in [-0.1, -0.05) is 13.8 Å². The van der Waals surface area contributed by atoms with E-state index >= 15 is 0 Å². The van der Waals surface area contributed by atoms with Crippen LogP contribution in [0.3, 0.4) is 0 Å². The quantitative estimate of drug-likeness (QED) is 0.896. The minimum absolute atomic E-state index is 0.0738. The zero-order valence-electron chi connectivity index (χ0n) is 15.3. The van der Waals surface area contributed by atoms with Crippen LogP contribution in [-0.4, -0.2) is 57.8 Å². The van der Waals surface area contributed by atoms with E-state index in [0.717, 1.165) is 38.0 Å². The topological polar surface area (TPSA) is 53.4 Å². The second-order valence-corrected chi connectivity index (χ2v) is 6.99. The van der Waals surface area contributed by atoms with E-state index in [1.165, 1.54) is 37.2 Å². The van der Waals surface area contributed by atoms with Gasteiger partial charge in [0.25, 0.3) is 0 Å². The third-order valence-corrected chi connectivity index (χ3v) is 5.55. The summed E-state index contributed by atoms with van der Waals surface area (Å²) in [4.78, 5) is 17.1. The molecule has 6 heteroatoms. The molecule has 2 aliphatic rings. The van der Waals surface area contributed by atoms with Crippen LogP contribution in [0.5, 0.6) is 0 Å². The highest BCUT2D eigenvalue weighted by Crippen LogP contribution is 2.21. The number of hydrogen-bond acceptors (Lipinski definition) is 3. The van der Waals surface area contributed by atoms with Crippen LogP contribution in [0.25, 0.3) is 0 Å². The maximum Gasteiger partial charge on any atom is 0.317 e. The van der Waals surface area contributed by atoms with E-state index in [2.05, 4.69) is 29.2 Å². The van der Waals surface area contributed by atoms with E-state index < -0.39 is 0 Å². The van der Waals surface area contributed by atoms with Gasteiger partial charge < -0.3 is 10.2 Å². The molecule has 3 heterocycles. The Balaban J connectivity index is 1.56. The van der Waals surface area contributed by atoms with Crippen molar-refractivity contribution >= 4 is 6.03 Å². The van der Waals surface area contributed by atoms with Crippen molar-refractivity contribution in [1.29, 1.82) is 0 Å². The first-order chi connectivity index (χ1) is 11.6. The van der Waals surface area contributed by atoms with Crippen molar-refractivity contribution in [1.82, 2.24) is 24.9 Å². The van der Waals surface area contributed by atoms with Gasteiger partial charge in [-0.05, 0) is 45.2 Å². The first-order valence-corrected chi connectivity index (χ1v) is 9.44. The predicted octanol–water partition coefficient (Wildman–Crippen LogP) is 1.92. The molecule has 0 spiro atoms. The second-order valence-electron chi connectivity index (χ2n) is 6.99. The van der Waals surface area contributed by atoms with Gasteiger partial charge in [0.15, 0.2) is 0 Å². The van der Waals surface area contributed by atoms with Crippen LogP contribution in [0.1, 0.15) is 50.1 Å². The fourth-order valence-corrected chi connectivity index (χ4v) is 4.20. The first-order valence-electron chi connectivity index (χ1n) is 9.44. The Kier molecular flexibility index (Phi) is 5.43. The summed E-state index contributed by atoms with van der Waals surface area (Å²) in [6.07, 6.45) is 5.57. The molecule has 0 aromatic carbocycles. The molecule has 2 fully saturated rings. The molecule has 0 aliphatic carbocycles. The van der Waals surface area contributed by atoms with Gasteiger partial charge in [0.2, 0.25) is 0 Å². The molecule has 0 radical (unpaired) electrons. The molecule has 24 heavy (non-hydrogen) atoms. The van der Waals surface area contributed by atoms with Crippen molar-refractivity contribution in [2.24, 2.45) is 7.05 Å². The number of aryl methyl sites for hydroxylation is 2. The molecule has 1 atom stereocenters. The van der Waals surface area contributed by atoms with Crippen LogP contribution in [0.4, 0.5) is 4.79 Å². The lowest BCUT2D eigenvalue weighted by Crippen LogP contribution is -2.41. The molecule has 2 aliphatic heterocycles. The van der Waals surface area contributed by atoms with Gasteiger partial charge >= 0.3 is 6.03 Å². The number of amides is 2. The van der Waals surface area contributed by atoms with E-state index in [9.17, 15) is 4.79 Å². The van der Waals surface area contributed by atoms with Crippen LogP contribution >= 0.6 is 0 Å². The fraction of sp³-hybridized carbons (Fsp3) is 0.778. The maximum absolute atomic E-state index is 12.6. The van der Waals surface area contributed by atoms with Crippen LogP contribution < -0.4 is 5.32 Å². The average molecular weight is 333 g/mol. The van der Waals surface area contributed by atoms with E-state index in [4.69, 9.17) is 0 Å². The summed E-state index contributed by atoms with van der Waals surface area (Å²) in [6, 6.07) is 0.638. The SMILES string of the molecule is CCc1nn(C)c(CC)c1CNC(=O)N1CCC(N2CCCC2)C1. The molecule has 2 saturated heterocycles. The number of aromatic nitrogens is 2. The summed E-state index contributed by atoms with van der Waals surface area (Å²) in [5, 5.41) is 7.71. The van der Waals surface area contributed by atoms with E-state index in [-0.39, 0.29) is 6.03 Å². The van der Waals surface area contributed by atoms with Gasteiger partial charge in [-0.25, -0.2) is 4.79 Å². The minimum Gasteiger partial charge on any atom is -0.334 e. The van der Waals surface area contributed by atoms with E-state index in [1.807, 2.05) is 16.6 Å². The second kappa shape index (κ2) is 7.55. The van der Waals surface area contributed by atoms with Gasteiger partial charge in [0.1, 0.15) is 0 Å². The van der Waals surface area contributed by atoms with Crippen LogP contribution in [0.15, 0.2) is 0 Å². The highest BCUT2D eigenvalue weighted by atomic mass is 16.2. The van der Waals surface area contributed by atoms with Crippen molar-refractivity contribution in [2.45, 2.75) is 58.5 Å². The molecule has 6 nitrogen and oxygen atoms in total. The zero-order valence-corrected chi connectivity index (χ0v) is 15.3. The van der Waals surface area contributed by atoms with Gasteiger partial charge in [-0.15, -0.1) is 0 Å². The number of urea groups is 1. The van der Waals surface area contributed by atoms with Crippen LogP contribution in [0.2, 0.25) is 0 Å². The molecule has 2 amide bonds. The highest BCUT2D eigenvalue weighted by molar-refractivity contribution is 5.74. The van der Waals surface area contributed by atoms with Crippen LogP contribution in [-0.2, 0) is 26.4 Å². The van der Waals surface area contributed by atoms with Crippen molar-refractivity contribution in [2.75, 3.05) is 26.2 Å². The van der Waals surface area contributed by atoms with Gasteiger partial charge in [0.05, 0.1) is 5.69 Å². The molecular formula is C18H31N5O. The molecule has 3 rings (SSSR count). The summed E-state index contributed by atoms with van der Waals surface area (Å²) in [6.45, 7) is 9.01. The predicted molar refractivity (Wildman–Crippen MR) is 95.0 cm³/mol. The Morgan fingerprint density at radius 3 is 2.62 bits per heavy atom. The van der Waals surface area contributed by atoms with Gasteiger partial charge in [-0.2, -0.15) is 5.10 Å². The molecule has 1 aromatic heterocycles. The molecule has 1 N–H and O–H groups in total. The molecule has 1 unspecified atom stereocenters. The summed E-state index contributed by atoms with van der Waals surface area (Å²) in [5.41, 5.74) is 3.53. The molecule has 0 bridgehead atoms. The highest BCUT2D eigenvalue weighted by Gasteiger charge is 2.31. The van der Waals surface area contributed by atoms with Crippen molar-refractivity contribution < 1.29 is 4.79 Å². The number of carbonyl (C=O) groups is 1. The number of nitrogens with one attached hydrogen (secondary N) is 1. The average Bonchev–Trinajstić information content (AvgIpc) is 3.31. The van der Waals surface area contributed by atoms with Gasteiger partial charge in [0, 0.05) is 44.0 Å². The number of rotatable bonds is 5. The van der Waals surface area contributed by atoms with Crippen molar-refractivity contribution in [3.05, 3.63) is 17.0 Å². The molecular weight excluding hydrogens is 302 g/mol. The molecule has 0 saturated carbocycles. The number of nitrogens with zero attached hydrogens (tertiary/aromatic N) is 4. The first kappa shape index (κ1) is 17.3. The Hall–Kier alpha value is -1.56. The third-order valence-electron chi connectivity index (χ3n) is 5.55. The lowest BCUT2D eigenvalue weighted by Gasteiger charge is -2.23. The molecule has 134 valence electrons. The summed E-state index contributed by atoms with van der Waals surface area (Å²) in [7, 11) is 1.99. The number of carbonyl (C=O) groups excluding carboxylic acids is 1. The smallest absolute Gasteiger partial charge is 0.317 e. The Morgan fingerprint density at radius 2 is 1.96 bits per heavy atom. The van der Waals surface area contributed by atoms with Gasteiger partial charge in [-0.3, -0.25) is 9.58 Å².